The van der Waals surface area contributed by atoms with Crippen molar-refractivity contribution >= 4 is 23.5 Å². The molecule has 2 N–H and O–H groups in total. The van der Waals surface area contributed by atoms with Gasteiger partial charge in [0.15, 0.2) is 0 Å². The summed E-state index contributed by atoms with van der Waals surface area (Å²) in [6.45, 7) is 0.467. The molecule has 0 bridgehead atoms. The Morgan fingerprint density at radius 2 is 1.71 bits per heavy atom. The zero-order chi connectivity index (χ0) is 17.9. The lowest BCUT2D eigenvalue weighted by Gasteiger charge is -2.07. The van der Waals surface area contributed by atoms with Gasteiger partial charge in [0.25, 0.3) is 11.6 Å². The first-order valence-electron chi connectivity index (χ1n) is 7.30. The van der Waals surface area contributed by atoms with Crippen molar-refractivity contribution in [2.45, 2.75) is 19.3 Å². The number of nitro benzene ring substituents is 1. The Bertz CT molecular complexity index is 600. The number of non-ortho nitro benzene ring substituents is 1. The SMILES string of the molecule is COC(=O)CCCC(=O)NCCNC(=O)c1ccc([N+](=O)[O-])cc1. The summed E-state index contributed by atoms with van der Waals surface area (Å²) in [7, 11) is 1.29. The third-order valence-corrected chi connectivity index (χ3v) is 3.09. The molecule has 0 unspecified atom stereocenters. The van der Waals surface area contributed by atoms with E-state index in [1.807, 2.05) is 0 Å². The molecular weight excluding hydrogens is 318 g/mol. The Kier molecular flexibility index (Phi) is 7.89. The molecule has 1 aromatic rings. The van der Waals surface area contributed by atoms with Crippen LogP contribution in [0.1, 0.15) is 29.6 Å². The molecule has 0 aliphatic carbocycles. The van der Waals surface area contributed by atoms with E-state index in [-0.39, 0.29) is 49.4 Å². The van der Waals surface area contributed by atoms with E-state index in [2.05, 4.69) is 15.4 Å². The number of rotatable bonds is 9. The Morgan fingerprint density at radius 1 is 1.08 bits per heavy atom. The standard InChI is InChI=1S/C15H19N3O6/c1-24-14(20)4-2-3-13(19)16-9-10-17-15(21)11-5-7-12(8-6-11)18(22)23/h5-8H,2-4,9-10H2,1H3,(H,16,19)(H,17,21). The molecule has 0 fully saturated rings. The lowest BCUT2D eigenvalue weighted by atomic mass is 10.2. The topological polar surface area (TPSA) is 128 Å². The monoisotopic (exact) mass is 337 g/mol. The molecular formula is C15H19N3O6. The van der Waals surface area contributed by atoms with Crippen LogP contribution in [0, 0.1) is 10.1 Å². The maximum atomic E-state index is 11.8. The van der Waals surface area contributed by atoms with Gasteiger partial charge in [0.1, 0.15) is 0 Å². The predicted octanol–water partition coefficient (Wildman–Crippen LogP) is 0.784. The average molecular weight is 337 g/mol. The summed E-state index contributed by atoms with van der Waals surface area (Å²) in [6, 6.07) is 5.22. The van der Waals surface area contributed by atoms with E-state index < -0.39 is 4.92 Å². The Hall–Kier alpha value is -2.97. The van der Waals surface area contributed by atoms with E-state index in [9.17, 15) is 24.5 Å². The van der Waals surface area contributed by atoms with Gasteiger partial charge in [0.05, 0.1) is 12.0 Å². The molecule has 9 nitrogen and oxygen atoms in total. The van der Waals surface area contributed by atoms with Crippen LogP contribution in [0.4, 0.5) is 5.69 Å². The zero-order valence-electron chi connectivity index (χ0n) is 13.2. The molecule has 0 aromatic heterocycles. The maximum absolute atomic E-state index is 11.8. The van der Waals surface area contributed by atoms with E-state index in [1.165, 1.54) is 31.4 Å². The highest BCUT2D eigenvalue weighted by atomic mass is 16.6. The molecule has 24 heavy (non-hydrogen) atoms. The molecule has 0 atom stereocenters. The predicted molar refractivity (Wildman–Crippen MR) is 84.3 cm³/mol. The normalized spacial score (nSPS) is 9.88. The molecule has 0 saturated carbocycles. The minimum absolute atomic E-state index is 0.0919. The largest absolute Gasteiger partial charge is 0.469 e. The lowest BCUT2D eigenvalue weighted by Crippen LogP contribution is -2.34. The molecule has 1 aromatic carbocycles. The highest BCUT2D eigenvalue weighted by Crippen LogP contribution is 2.11. The smallest absolute Gasteiger partial charge is 0.305 e. The van der Waals surface area contributed by atoms with Crippen LogP contribution in [0.25, 0.3) is 0 Å². The number of carbonyl (C=O) groups excluding carboxylic acids is 3. The summed E-state index contributed by atoms with van der Waals surface area (Å²) in [5.74, 6) is -0.966. The summed E-state index contributed by atoms with van der Waals surface area (Å²) in [6.07, 6.45) is 0.778. The summed E-state index contributed by atoms with van der Waals surface area (Å²) in [5.41, 5.74) is 0.204. The van der Waals surface area contributed by atoms with Gasteiger partial charge < -0.3 is 15.4 Å². The highest BCUT2D eigenvalue weighted by molar-refractivity contribution is 5.94. The van der Waals surface area contributed by atoms with Gasteiger partial charge in [0.2, 0.25) is 5.91 Å². The summed E-state index contributed by atoms with van der Waals surface area (Å²) >= 11 is 0. The van der Waals surface area contributed by atoms with E-state index in [0.29, 0.717) is 12.0 Å². The number of benzene rings is 1. The summed E-state index contributed by atoms with van der Waals surface area (Å²) in [5, 5.41) is 15.7. The van der Waals surface area contributed by atoms with Crippen molar-refractivity contribution in [2.75, 3.05) is 20.2 Å². The average Bonchev–Trinajstić information content (AvgIpc) is 2.58. The van der Waals surface area contributed by atoms with Crippen LogP contribution in [-0.4, -0.2) is 42.9 Å². The van der Waals surface area contributed by atoms with Crippen LogP contribution >= 0.6 is 0 Å². The van der Waals surface area contributed by atoms with Crippen LogP contribution in [0.2, 0.25) is 0 Å². The minimum Gasteiger partial charge on any atom is -0.469 e. The Labute approximate surface area is 138 Å². The van der Waals surface area contributed by atoms with Crippen LogP contribution in [-0.2, 0) is 14.3 Å². The van der Waals surface area contributed by atoms with Gasteiger partial charge in [-0.3, -0.25) is 24.5 Å². The third-order valence-electron chi connectivity index (χ3n) is 3.09. The van der Waals surface area contributed by atoms with Gasteiger partial charge in [-0.25, -0.2) is 0 Å². The molecule has 2 amide bonds. The molecule has 0 radical (unpaired) electrons. The highest BCUT2D eigenvalue weighted by Gasteiger charge is 2.09. The Balaban J connectivity index is 2.22. The summed E-state index contributed by atoms with van der Waals surface area (Å²) in [4.78, 5) is 44.2. The molecule has 0 aliphatic heterocycles. The zero-order valence-corrected chi connectivity index (χ0v) is 13.2. The molecule has 130 valence electrons. The van der Waals surface area contributed by atoms with Gasteiger partial charge in [-0.1, -0.05) is 0 Å². The molecule has 0 aliphatic rings. The second-order valence-corrected chi connectivity index (χ2v) is 4.84. The van der Waals surface area contributed by atoms with Gasteiger partial charge in [0, 0.05) is 43.6 Å². The van der Waals surface area contributed by atoms with Crippen molar-refractivity contribution in [2.24, 2.45) is 0 Å². The number of esters is 1. The first kappa shape index (κ1) is 19.1. The first-order chi connectivity index (χ1) is 11.4. The fourth-order valence-corrected chi connectivity index (χ4v) is 1.80. The van der Waals surface area contributed by atoms with Crippen molar-refractivity contribution < 1.29 is 24.0 Å². The third kappa shape index (κ3) is 6.86. The van der Waals surface area contributed by atoms with E-state index in [1.54, 1.807) is 0 Å². The maximum Gasteiger partial charge on any atom is 0.305 e. The second-order valence-electron chi connectivity index (χ2n) is 4.84. The Morgan fingerprint density at radius 3 is 2.29 bits per heavy atom. The number of nitrogens with zero attached hydrogens (tertiary/aromatic N) is 1. The quantitative estimate of drug-likeness (QED) is 0.297. The van der Waals surface area contributed by atoms with Crippen LogP contribution in [0.3, 0.4) is 0 Å². The number of amides is 2. The van der Waals surface area contributed by atoms with E-state index >= 15 is 0 Å². The number of methoxy groups -OCH3 is 1. The van der Waals surface area contributed by atoms with Gasteiger partial charge in [-0.05, 0) is 18.6 Å². The summed E-state index contributed by atoms with van der Waals surface area (Å²) < 4.78 is 4.46. The molecule has 0 saturated heterocycles. The van der Waals surface area contributed by atoms with Gasteiger partial charge in [-0.2, -0.15) is 0 Å². The fraction of sp³-hybridized carbons (Fsp3) is 0.400. The van der Waals surface area contributed by atoms with Crippen molar-refractivity contribution in [3.8, 4) is 0 Å². The molecule has 0 heterocycles. The number of carbonyl (C=O) groups is 3. The van der Waals surface area contributed by atoms with Crippen molar-refractivity contribution in [1.29, 1.82) is 0 Å². The minimum atomic E-state index is -0.544. The number of nitrogens with one attached hydrogen (secondary N) is 2. The van der Waals surface area contributed by atoms with E-state index in [4.69, 9.17) is 0 Å². The second kappa shape index (κ2) is 9.93. The van der Waals surface area contributed by atoms with Crippen molar-refractivity contribution in [3.05, 3.63) is 39.9 Å². The molecule has 9 heteroatoms. The number of nitro groups is 1. The van der Waals surface area contributed by atoms with E-state index in [0.717, 1.165) is 0 Å². The van der Waals surface area contributed by atoms with Gasteiger partial charge in [-0.15, -0.1) is 0 Å². The van der Waals surface area contributed by atoms with Crippen molar-refractivity contribution in [1.82, 2.24) is 10.6 Å². The number of hydrogen-bond acceptors (Lipinski definition) is 6. The van der Waals surface area contributed by atoms with Crippen molar-refractivity contribution in [3.63, 3.8) is 0 Å². The molecule has 1 rings (SSSR count). The van der Waals surface area contributed by atoms with Crippen LogP contribution < -0.4 is 10.6 Å². The fourth-order valence-electron chi connectivity index (χ4n) is 1.80. The number of hydrogen-bond donors (Lipinski definition) is 2. The van der Waals surface area contributed by atoms with Crippen LogP contribution in [0.5, 0.6) is 0 Å². The van der Waals surface area contributed by atoms with Crippen LogP contribution in [0.15, 0.2) is 24.3 Å². The molecule has 0 spiro atoms. The van der Waals surface area contributed by atoms with Gasteiger partial charge >= 0.3 is 5.97 Å². The first-order valence-corrected chi connectivity index (χ1v) is 7.30. The lowest BCUT2D eigenvalue weighted by molar-refractivity contribution is -0.384. The number of ether oxygens (including phenoxy) is 1.